The summed E-state index contributed by atoms with van der Waals surface area (Å²) in [5, 5.41) is 0. The van der Waals surface area contributed by atoms with Crippen LogP contribution in [0, 0.1) is 0 Å². The molecule has 17 heavy (non-hydrogen) atoms. The molecule has 1 aliphatic rings. The van der Waals surface area contributed by atoms with Crippen molar-refractivity contribution in [2.24, 2.45) is 0 Å². The van der Waals surface area contributed by atoms with Gasteiger partial charge < -0.3 is 14.2 Å². The van der Waals surface area contributed by atoms with Crippen LogP contribution in [0.4, 0.5) is 0 Å². The van der Waals surface area contributed by atoms with Gasteiger partial charge in [-0.15, -0.1) is 0 Å². The normalized spacial score (nSPS) is 18.4. The van der Waals surface area contributed by atoms with Crippen LogP contribution >= 0.6 is 0 Å². The Morgan fingerprint density at radius 3 is 2.59 bits per heavy atom. The topological polar surface area (TPSA) is 77.1 Å². The summed E-state index contributed by atoms with van der Waals surface area (Å²) in [5.74, 6) is 0. The number of methoxy groups -OCH3 is 1. The van der Waals surface area contributed by atoms with Crippen molar-refractivity contribution in [3.63, 3.8) is 0 Å². The molecule has 1 N–H and O–H groups in total. The molecule has 102 valence electrons. The van der Waals surface area contributed by atoms with Crippen molar-refractivity contribution in [3.8, 4) is 0 Å². The third-order valence-corrected chi connectivity index (χ3v) is 3.89. The van der Waals surface area contributed by atoms with Gasteiger partial charge in [0.05, 0.1) is 33.0 Å². The molecule has 8 heteroatoms. The highest BCUT2D eigenvalue weighted by molar-refractivity contribution is 7.87. The average molecular weight is 268 g/mol. The first-order chi connectivity index (χ1) is 8.17. The molecular formula is C9H20N2O5S. The number of nitrogens with one attached hydrogen (secondary N) is 1. The van der Waals surface area contributed by atoms with Gasteiger partial charge in [0.2, 0.25) is 0 Å². The van der Waals surface area contributed by atoms with Crippen molar-refractivity contribution in [2.45, 2.75) is 0 Å². The molecule has 0 aromatic rings. The standard InChI is InChI=1S/C9H20N2O5S/c1-14-8-9-15-5-2-10-17(12,13)11-3-6-16-7-4-11/h10H,2-9H2,1H3. The van der Waals surface area contributed by atoms with E-state index in [-0.39, 0.29) is 6.54 Å². The predicted molar refractivity (Wildman–Crippen MR) is 62.0 cm³/mol. The lowest BCUT2D eigenvalue weighted by atomic mass is 10.5. The van der Waals surface area contributed by atoms with Crippen LogP contribution in [0.1, 0.15) is 0 Å². The fourth-order valence-corrected chi connectivity index (χ4v) is 2.52. The van der Waals surface area contributed by atoms with Crippen LogP contribution in [0.15, 0.2) is 0 Å². The van der Waals surface area contributed by atoms with Gasteiger partial charge in [-0.1, -0.05) is 0 Å². The van der Waals surface area contributed by atoms with Gasteiger partial charge in [-0.2, -0.15) is 17.4 Å². The number of nitrogens with zero attached hydrogens (tertiary/aromatic N) is 1. The number of morpholine rings is 1. The van der Waals surface area contributed by atoms with Crippen LogP contribution in [0.2, 0.25) is 0 Å². The molecule has 0 saturated carbocycles. The molecule has 1 fully saturated rings. The molecule has 1 heterocycles. The van der Waals surface area contributed by atoms with Gasteiger partial charge in [0.25, 0.3) is 10.2 Å². The summed E-state index contributed by atoms with van der Waals surface area (Å²) in [4.78, 5) is 0. The highest BCUT2D eigenvalue weighted by Gasteiger charge is 2.23. The van der Waals surface area contributed by atoms with Crippen LogP contribution < -0.4 is 4.72 Å². The van der Waals surface area contributed by atoms with E-state index in [1.54, 1.807) is 7.11 Å². The van der Waals surface area contributed by atoms with Crippen molar-refractivity contribution < 1.29 is 22.6 Å². The van der Waals surface area contributed by atoms with Gasteiger partial charge in [-0.3, -0.25) is 0 Å². The van der Waals surface area contributed by atoms with E-state index in [0.29, 0.717) is 46.1 Å². The Morgan fingerprint density at radius 1 is 1.24 bits per heavy atom. The smallest absolute Gasteiger partial charge is 0.279 e. The summed E-state index contributed by atoms with van der Waals surface area (Å²) in [6.45, 7) is 3.29. The van der Waals surface area contributed by atoms with Gasteiger partial charge in [-0.05, 0) is 0 Å². The van der Waals surface area contributed by atoms with E-state index in [9.17, 15) is 8.42 Å². The van der Waals surface area contributed by atoms with Crippen LogP contribution in [-0.4, -0.2) is 72.5 Å². The van der Waals surface area contributed by atoms with E-state index in [0.717, 1.165) is 0 Å². The Hall–Kier alpha value is -0.250. The third-order valence-electron chi connectivity index (χ3n) is 2.27. The first-order valence-electron chi connectivity index (χ1n) is 5.56. The van der Waals surface area contributed by atoms with Gasteiger partial charge in [0.1, 0.15) is 0 Å². The maximum Gasteiger partial charge on any atom is 0.279 e. The van der Waals surface area contributed by atoms with Crippen LogP contribution in [0.5, 0.6) is 0 Å². The zero-order chi connectivity index (χ0) is 12.6. The SMILES string of the molecule is COCCOCCNS(=O)(=O)N1CCOCC1. The fraction of sp³-hybridized carbons (Fsp3) is 1.00. The Morgan fingerprint density at radius 2 is 1.94 bits per heavy atom. The van der Waals surface area contributed by atoms with Crippen LogP contribution in [0.25, 0.3) is 0 Å². The summed E-state index contributed by atoms with van der Waals surface area (Å²) in [7, 11) is -1.80. The van der Waals surface area contributed by atoms with Crippen LogP contribution in [0.3, 0.4) is 0 Å². The lowest BCUT2D eigenvalue weighted by Crippen LogP contribution is -2.47. The summed E-state index contributed by atoms with van der Waals surface area (Å²) in [5.41, 5.74) is 0. The van der Waals surface area contributed by atoms with Gasteiger partial charge >= 0.3 is 0 Å². The number of rotatable bonds is 8. The second-order valence-corrected chi connectivity index (χ2v) is 5.27. The maximum absolute atomic E-state index is 11.8. The molecule has 0 atom stereocenters. The molecule has 0 aromatic heterocycles. The van der Waals surface area contributed by atoms with Crippen molar-refractivity contribution in [3.05, 3.63) is 0 Å². The molecule has 7 nitrogen and oxygen atoms in total. The van der Waals surface area contributed by atoms with Crippen molar-refractivity contribution in [1.29, 1.82) is 0 Å². The Balaban J connectivity index is 2.15. The van der Waals surface area contributed by atoms with E-state index < -0.39 is 10.2 Å². The average Bonchev–Trinajstić information content (AvgIpc) is 2.35. The Kier molecular flexibility index (Phi) is 6.93. The van der Waals surface area contributed by atoms with E-state index in [1.807, 2.05) is 0 Å². The van der Waals surface area contributed by atoms with E-state index in [1.165, 1.54) is 4.31 Å². The Labute approximate surface area is 102 Å². The second kappa shape index (κ2) is 7.96. The third kappa shape index (κ3) is 5.75. The number of hydrogen-bond acceptors (Lipinski definition) is 5. The molecule has 1 saturated heterocycles. The lowest BCUT2D eigenvalue weighted by molar-refractivity contribution is 0.0693. The number of hydrogen-bond donors (Lipinski definition) is 1. The molecule has 1 rings (SSSR count). The van der Waals surface area contributed by atoms with Gasteiger partial charge in [0.15, 0.2) is 0 Å². The fourth-order valence-electron chi connectivity index (χ4n) is 1.37. The Bertz CT molecular complexity index is 290. The molecule has 0 unspecified atom stereocenters. The van der Waals surface area contributed by atoms with E-state index in [4.69, 9.17) is 14.2 Å². The van der Waals surface area contributed by atoms with Crippen LogP contribution in [-0.2, 0) is 24.4 Å². The van der Waals surface area contributed by atoms with Crippen molar-refractivity contribution in [1.82, 2.24) is 9.03 Å². The first kappa shape index (κ1) is 14.8. The maximum atomic E-state index is 11.8. The minimum atomic E-state index is -3.38. The zero-order valence-electron chi connectivity index (χ0n) is 10.1. The number of ether oxygens (including phenoxy) is 3. The molecule has 0 aromatic carbocycles. The minimum absolute atomic E-state index is 0.267. The first-order valence-corrected chi connectivity index (χ1v) is 7.00. The quantitative estimate of drug-likeness (QED) is 0.561. The monoisotopic (exact) mass is 268 g/mol. The molecular weight excluding hydrogens is 248 g/mol. The largest absolute Gasteiger partial charge is 0.382 e. The molecule has 0 spiro atoms. The van der Waals surface area contributed by atoms with Crippen molar-refractivity contribution in [2.75, 3.05) is 59.8 Å². The summed E-state index contributed by atoms with van der Waals surface area (Å²) < 4.78 is 42.4. The van der Waals surface area contributed by atoms with Gasteiger partial charge in [-0.25, -0.2) is 0 Å². The molecule has 0 aliphatic carbocycles. The highest BCUT2D eigenvalue weighted by Crippen LogP contribution is 2.02. The summed E-state index contributed by atoms with van der Waals surface area (Å²) in [6.07, 6.45) is 0. The highest BCUT2D eigenvalue weighted by atomic mass is 32.2. The summed E-state index contributed by atoms with van der Waals surface area (Å²) >= 11 is 0. The molecule has 0 radical (unpaired) electrons. The second-order valence-electron chi connectivity index (χ2n) is 3.52. The van der Waals surface area contributed by atoms with Crippen molar-refractivity contribution >= 4 is 10.2 Å². The molecule has 0 bridgehead atoms. The zero-order valence-corrected chi connectivity index (χ0v) is 10.9. The minimum Gasteiger partial charge on any atom is -0.382 e. The van der Waals surface area contributed by atoms with E-state index >= 15 is 0 Å². The van der Waals surface area contributed by atoms with Gasteiger partial charge in [0, 0.05) is 26.7 Å². The molecule has 0 amide bonds. The predicted octanol–water partition coefficient (Wildman–Crippen LogP) is -1.18. The lowest BCUT2D eigenvalue weighted by Gasteiger charge is -2.26. The van der Waals surface area contributed by atoms with E-state index in [2.05, 4.69) is 4.72 Å². The molecule has 1 aliphatic heterocycles. The summed E-state index contributed by atoms with van der Waals surface area (Å²) in [6, 6.07) is 0.